The van der Waals surface area contributed by atoms with Crippen molar-refractivity contribution in [3.05, 3.63) is 173 Å². The van der Waals surface area contributed by atoms with Gasteiger partial charge in [0.15, 0.2) is 0 Å². The van der Waals surface area contributed by atoms with Gasteiger partial charge in [0.1, 0.15) is 5.75 Å². The van der Waals surface area contributed by atoms with Gasteiger partial charge < -0.3 is 5.11 Å². The Labute approximate surface area is 227 Å². The lowest BCUT2D eigenvalue weighted by Crippen LogP contribution is -2.58. The van der Waals surface area contributed by atoms with Crippen molar-refractivity contribution in [3.8, 4) is 39.1 Å². The van der Waals surface area contributed by atoms with Crippen LogP contribution >= 0.6 is 0 Å². The van der Waals surface area contributed by atoms with E-state index in [9.17, 15) is 5.11 Å². The second-order valence-corrected chi connectivity index (χ2v) is 11.0. The minimum Gasteiger partial charge on any atom is -0.508 e. The maximum absolute atomic E-state index is 11.1. The first-order valence-corrected chi connectivity index (χ1v) is 13.6. The van der Waals surface area contributed by atoms with Crippen LogP contribution in [0.25, 0.3) is 33.4 Å². The minimum absolute atomic E-state index is 0.295. The van der Waals surface area contributed by atoms with Gasteiger partial charge in [0.25, 0.3) is 0 Å². The van der Waals surface area contributed by atoms with Gasteiger partial charge in [-0.05, 0) is 78.9 Å². The van der Waals surface area contributed by atoms with Crippen molar-refractivity contribution in [1.82, 2.24) is 0 Å². The molecule has 9 rings (SSSR count). The van der Waals surface area contributed by atoms with E-state index in [1.807, 2.05) is 12.1 Å². The highest BCUT2D eigenvalue weighted by molar-refractivity contribution is 5.98. The quantitative estimate of drug-likeness (QED) is 0.223. The second kappa shape index (κ2) is 7.15. The van der Waals surface area contributed by atoms with Crippen LogP contribution in [0.4, 0.5) is 0 Å². The zero-order valence-electron chi connectivity index (χ0n) is 21.2. The molecule has 6 aromatic carbocycles. The summed E-state index contributed by atoms with van der Waals surface area (Å²) in [6, 6.07) is 50.8. The van der Waals surface area contributed by atoms with Crippen LogP contribution in [-0.2, 0) is 10.8 Å². The zero-order valence-corrected chi connectivity index (χ0v) is 21.2. The van der Waals surface area contributed by atoms with Gasteiger partial charge in [0.2, 0.25) is 0 Å². The van der Waals surface area contributed by atoms with E-state index in [4.69, 9.17) is 0 Å². The molecule has 1 N–H and O–H groups in total. The fourth-order valence-corrected chi connectivity index (χ4v) is 8.38. The molecule has 3 aliphatic carbocycles. The Hall–Kier alpha value is -4.88. The van der Waals surface area contributed by atoms with E-state index in [-0.39, 0.29) is 0 Å². The van der Waals surface area contributed by atoms with Crippen LogP contribution in [-0.4, -0.2) is 5.11 Å². The van der Waals surface area contributed by atoms with Gasteiger partial charge >= 0.3 is 0 Å². The number of fused-ring (bicyclic) bond motifs is 9. The number of hydrogen-bond donors (Lipinski definition) is 1. The number of hydrogen-bond acceptors (Lipinski definition) is 1. The van der Waals surface area contributed by atoms with Gasteiger partial charge in [-0.2, -0.15) is 0 Å². The molecule has 1 heteroatoms. The smallest absolute Gasteiger partial charge is 0.115 e. The molecule has 0 aromatic heterocycles. The van der Waals surface area contributed by atoms with Gasteiger partial charge in [0, 0.05) is 0 Å². The number of aromatic hydroxyl groups is 1. The Morgan fingerprint density at radius 3 is 0.949 bits per heavy atom. The highest BCUT2D eigenvalue weighted by atomic mass is 16.3. The van der Waals surface area contributed by atoms with Crippen LogP contribution in [0.2, 0.25) is 0 Å². The largest absolute Gasteiger partial charge is 0.508 e. The molecule has 6 aromatic rings. The molecule has 39 heavy (non-hydrogen) atoms. The number of rotatable bonds is 0. The third-order valence-electron chi connectivity index (χ3n) is 9.50. The summed E-state index contributed by atoms with van der Waals surface area (Å²) in [4.78, 5) is 0. The summed E-state index contributed by atoms with van der Waals surface area (Å²) in [5, 5.41) is 11.1. The summed E-state index contributed by atoms with van der Waals surface area (Å²) >= 11 is 0. The molecule has 0 aliphatic heterocycles. The van der Waals surface area contributed by atoms with Crippen LogP contribution < -0.4 is 0 Å². The molecular weight excluding hydrogens is 472 g/mol. The first-order chi connectivity index (χ1) is 19.3. The third kappa shape index (κ3) is 2.22. The Bertz CT molecular complexity index is 1900. The molecule has 0 saturated heterocycles. The van der Waals surface area contributed by atoms with Crippen LogP contribution in [0.1, 0.15) is 33.4 Å². The molecular formula is C38H24O. The van der Waals surface area contributed by atoms with Gasteiger partial charge in [-0.15, -0.1) is 0 Å². The SMILES string of the molecule is Oc1ccc2c(c1)C13c4ccccc4-c4ccccc4C1(c1ccccc1-c1ccccc13)c1ccccc1-2. The van der Waals surface area contributed by atoms with Crippen LogP contribution in [0.15, 0.2) is 140 Å². The van der Waals surface area contributed by atoms with Crippen molar-refractivity contribution in [2.75, 3.05) is 0 Å². The molecule has 0 amide bonds. The van der Waals surface area contributed by atoms with E-state index < -0.39 is 10.8 Å². The Morgan fingerprint density at radius 1 is 0.308 bits per heavy atom. The number of phenols is 1. The molecule has 0 bridgehead atoms. The minimum atomic E-state index is -0.592. The number of benzene rings is 6. The first-order valence-electron chi connectivity index (χ1n) is 13.6. The number of phenolic OH excluding ortho intramolecular Hbond substituents is 1. The highest BCUT2D eigenvalue weighted by Crippen LogP contribution is 2.73. The summed E-state index contributed by atoms with van der Waals surface area (Å²) in [7, 11) is 0. The third-order valence-corrected chi connectivity index (χ3v) is 9.50. The summed E-state index contributed by atoms with van der Waals surface area (Å²) in [5.74, 6) is 0.295. The maximum atomic E-state index is 11.1. The summed E-state index contributed by atoms with van der Waals surface area (Å²) in [5.41, 5.74) is 14.0. The lowest BCUT2D eigenvalue weighted by Gasteiger charge is -2.62. The van der Waals surface area contributed by atoms with Crippen molar-refractivity contribution in [2.24, 2.45) is 0 Å². The normalized spacial score (nSPS) is 20.6. The van der Waals surface area contributed by atoms with E-state index in [2.05, 4.69) is 127 Å². The van der Waals surface area contributed by atoms with E-state index in [1.54, 1.807) is 0 Å². The van der Waals surface area contributed by atoms with Crippen LogP contribution in [0, 0.1) is 0 Å². The van der Waals surface area contributed by atoms with Crippen molar-refractivity contribution in [2.45, 2.75) is 10.8 Å². The molecule has 3 aliphatic rings. The van der Waals surface area contributed by atoms with E-state index in [0.29, 0.717) is 5.75 Å². The van der Waals surface area contributed by atoms with Gasteiger partial charge in [-0.3, -0.25) is 0 Å². The van der Waals surface area contributed by atoms with E-state index >= 15 is 0 Å². The Balaban J connectivity index is 1.67. The zero-order chi connectivity index (χ0) is 25.8. The van der Waals surface area contributed by atoms with Crippen LogP contribution in [0.5, 0.6) is 5.75 Å². The predicted molar refractivity (Wildman–Crippen MR) is 157 cm³/mol. The molecule has 0 fully saturated rings. The van der Waals surface area contributed by atoms with Crippen molar-refractivity contribution < 1.29 is 5.11 Å². The molecule has 0 spiro atoms. The van der Waals surface area contributed by atoms with Crippen molar-refractivity contribution in [3.63, 3.8) is 0 Å². The Kier molecular flexibility index (Phi) is 3.87. The molecule has 0 saturated carbocycles. The maximum Gasteiger partial charge on any atom is 0.115 e. The monoisotopic (exact) mass is 496 g/mol. The fraction of sp³-hybridized carbons (Fsp3) is 0.0526. The van der Waals surface area contributed by atoms with Crippen molar-refractivity contribution in [1.29, 1.82) is 0 Å². The Morgan fingerprint density at radius 2 is 0.590 bits per heavy atom. The first kappa shape index (κ1) is 21.1. The molecule has 1 nitrogen and oxygen atoms in total. The lowest BCUT2D eigenvalue weighted by atomic mass is 9.38. The topological polar surface area (TPSA) is 20.2 Å². The predicted octanol–water partition coefficient (Wildman–Crippen LogP) is 8.70. The van der Waals surface area contributed by atoms with Gasteiger partial charge in [0.05, 0.1) is 10.8 Å². The summed E-state index contributed by atoms with van der Waals surface area (Å²) in [6.45, 7) is 0. The van der Waals surface area contributed by atoms with E-state index in [0.717, 1.165) is 5.56 Å². The molecule has 0 atom stereocenters. The second-order valence-electron chi connectivity index (χ2n) is 11.0. The highest BCUT2D eigenvalue weighted by Gasteiger charge is 2.66. The fourth-order valence-electron chi connectivity index (χ4n) is 8.38. The average molecular weight is 497 g/mol. The lowest BCUT2D eigenvalue weighted by molar-refractivity contribution is 0.401. The van der Waals surface area contributed by atoms with Gasteiger partial charge in [-0.1, -0.05) is 127 Å². The van der Waals surface area contributed by atoms with E-state index in [1.165, 1.54) is 61.2 Å². The van der Waals surface area contributed by atoms with Crippen LogP contribution in [0.3, 0.4) is 0 Å². The average Bonchev–Trinajstić information content (AvgIpc) is 3.01. The summed E-state index contributed by atoms with van der Waals surface area (Å²) < 4.78 is 0. The van der Waals surface area contributed by atoms with Gasteiger partial charge in [-0.25, -0.2) is 0 Å². The molecule has 0 unspecified atom stereocenters. The molecule has 0 radical (unpaired) electrons. The summed E-state index contributed by atoms with van der Waals surface area (Å²) in [6.07, 6.45) is 0. The standard InChI is InChI=1S/C38H24O/c39-24-21-22-30-29-15-5-8-18-33(29)37-31-16-6-1-11-25(31)27-13-3-9-19-34(27)38(37,36(30)23-24)35-20-10-4-14-28(35)26-12-2-7-17-32(26)37/h1-23,39H. The van der Waals surface area contributed by atoms with Crippen molar-refractivity contribution >= 4 is 0 Å². The molecule has 182 valence electrons. The molecule has 0 heterocycles.